The minimum absolute atomic E-state index is 0.108. The van der Waals surface area contributed by atoms with E-state index in [2.05, 4.69) is 9.46 Å². The van der Waals surface area contributed by atoms with Crippen molar-refractivity contribution >= 4 is 34.5 Å². The summed E-state index contributed by atoms with van der Waals surface area (Å²) in [5.41, 5.74) is -2.10. The highest BCUT2D eigenvalue weighted by molar-refractivity contribution is 8.00. The summed E-state index contributed by atoms with van der Waals surface area (Å²) in [6.45, 7) is 3.08. The molecule has 0 aliphatic heterocycles. The summed E-state index contributed by atoms with van der Waals surface area (Å²) in [5, 5.41) is 10.5. The van der Waals surface area contributed by atoms with Gasteiger partial charge >= 0.3 is 12.1 Å². The highest BCUT2D eigenvalue weighted by atomic mass is 32.2. The quantitative estimate of drug-likeness (QED) is 0.423. The number of alkyl halides is 3. The van der Waals surface area contributed by atoms with Crippen LogP contribution >= 0.6 is 11.9 Å². The van der Waals surface area contributed by atoms with Crippen LogP contribution in [0, 0.1) is 6.92 Å². The van der Waals surface area contributed by atoms with Crippen LogP contribution in [0.5, 0.6) is 0 Å². The maximum Gasteiger partial charge on any atom is 0.432 e. The molecule has 2 N–H and O–H groups in total. The normalized spacial score (nSPS) is 13.8. The molecule has 3 aromatic rings. The average molecular weight is 438 g/mol. The summed E-state index contributed by atoms with van der Waals surface area (Å²) in [5.74, 6) is -1.75. The van der Waals surface area contributed by atoms with E-state index in [4.69, 9.17) is 0 Å². The first-order valence-electron chi connectivity index (χ1n) is 9.13. The Hall–Kier alpha value is -2.65. The lowest BCUT2D eigenvalue weighted by atomic mass is 9.92. The lowest BCUT2D eigenvalue weighted by Crippen LogP contribution is -2.50. The van der Waals surface area contributed by atoms with Gasteiger partial charge in [-0.2, -0.15) is 13.2 Å². The summed E-state index contributed by atoms with van der Waals surface area (Å²) in [7, 11) is 1.55. The number of aliphatic hydroxyl groups is 1. The highest BCUT2D eigenvalue weighted by Crippen LogP contribution is 2.43. The molecule has 3 rings (SSSR count). The van der Waals surface area contributed by atoms with E-state index in [0.717, 1.165) is 16.7 Å². The van der Waals surface area contributed by atoms with Crippen molar-refractivity contribution in [3.8, 4) is 0 Å². The van der Waals surface area contributed by atoms with E-state index in [1.54, 1.807) is 19.2 Å². The first kappa shape index (κ1) is 22.0. The van der Waals surface area contributed by atoms with Gasteiger partial charge in [-0.05, 0) is 50.1 Å². The van der Waals surface area contributed by atoms with E-state index in [0.29, 0.717) is 11.2 Å². The van der Waals surface area contributed by atoms with Crippen molar-refractivity contribution in [2.24, 2.45) is 7.05 Å². The monoisotopic (exact) mass is 438 g/mol. The topological polar surface area (TPSA) is 63.5 Å². The van der Waals surface area contributed by atoms with Gasteiger partial charge in [0.1, 0.15) is 0 Å². The highest BCUT2D eigenvalue weighted by Gasteiger charge is 2.63. The molecule has 1 unspecified atom stereocenters. The van der Waals surface area contributed by atoms with Gasteiger partial charge in [-0.3, -0.25) is 0 Å². The minimum Gasteiger partial charge on any atom is -0.463 e. The lowest BCUT2D eigenvalue weighted by molar-refractivity contribution is -0.267. The number of nitrogens with one attached hydrogen (secondary N) is 1. The third-order valence-electron chi connectivity index (χ3n) is 4.67. The molecule has 0 fully saturated rings. The number of fused-ring (bicyclic) bond motifs is 1. The number of aromatic nitrogens is 1. The summed E-state index contributed by atoms with van der Waals surface area (Å²) in [6, 6.07) is 12.5. The van der Waals surface area contributed by atoms with Gasteiger partial charge in [0.15, 0.2) is 0 Å². The van der Waals surface area contributed by atoms with Gasteiger partial charge in [0.2, 0.25) is 0 Å². The van der Waals surface area contributed by atoms with Crippen LogP contribution in [0.15, 0.2) is 53.6 Å². The molecule has 0 aliphatic rings. The maximum atomic E-state index is 13.7. The maximum absolute atomic E-state index is 13.7. The van der Waals surface area contributed by atoms with Crippen molar-refractivity contribution in [1.29, 1.82) is 0 Å². The van der Waals surface area contributed by atoms with E-state index >= 15 is 0 Å². The number of anilines is 1. The predicted octanol–water partition coefficient (Wildman–Crippen LogP) is 4.92. The van der Waals surface area contributed by atoms with Gasteiger partial charge in [0.25, 0.3) is 5.60 Å². The zero-order chi connectivity index (χ0) is 22.1. The lowest BCUT2D eigenvalue weighted by Gasteiger charge is -2.27. The molecule has 0 saturated carbocycles. The van der Waals surface area contributed by atoms with E-state index in [1.807, 2.05) is 31.2 Å². The zero-order valence-electron chi connectivity index (χ0n) is 16.6. The van der Waals surface area contributed by atoms with Gasteiger partial charge in [0.05, 0.1) is 12.1 Å². The summed E-state index contributed by atoms with van der Waals surface area (Å²) in [4.78, 5) is 13.1. The molecule has 1 aromatic heterocycles. The van der Waals surface area contributed by atoms with E-state index < -0.39 is 23.3 Å². The molecule has 30 heavy (non-hydrogen) atoms. The zero-order valence-corrected chi connectivity index (χ0v) is 17.4. The molecule has 0 bridgehead atoms. The minimum atomic E-state index is -5.24. The standard InChI is InChI=1S/C21H21F3N2O3S/c1-4-29-19(27)20(28,21(22,23)24)17-12-26(3)18-11-14(7-10-16(17)18)25-30-15-8-5-13(2)6-9-15/h5-12,25,28H,4H2,1-3H3. The molecule has 0 radical (unpaired) electrons. The largest absolute Gasteiger partial charge is 0.463 e. The molecule has 0 saturated heterocycles. The number of hydrogen-bond donors (Lipinski definition) is 2. The van der Waals surface area contributed by atoms with Gasteiger partial charge in [-0.15, -0.1) is 0 Å². The van der Waals surface area contributed by atoms with Gasteiger partial charge in [-0.1, -0.05) is 23.8 Å². The first-order valence-corrected chi connectivity index (χ1v) is 9.95. The van der Waals surface area contributed by atoms with E-state index in [-0.39, 0.29) is 12.0 Å². The number of esters is 1. The van der Waals surface area contributed by atoms with Crippen molar-refractivity contribution in [2.75, 3.05) is 11.3 Å². The van der Waals surface area contributed by atoms with Gasteiger partial charge < -0.3 is 19.1 Å². The van der Waals surface area contributed by atoms with E-state index in [1.165, 1.54) is 29.5 Å². The molecule has 0 spiro atoms. The summed E-state index contributed by atoms with van der Waals surface area (Å²) in [6.07, 6.45) is -4.14. The van der Waals surface area contributed by atoms with Crippen molar-refractivity contribution < 1.29 is 27.8 Å². The van der Waals surface area contributed by atoms with E-state index in [9.17, 15) is 23.1 Å². The first-order chi connectivity index (χ1) is 14.1. The third-order valence-corrected chi connectivity index (χ3v) is 5.51. The fraction of sp³-hybridized carbons (Fsp3) is 0.286. The molecule has 9 heteroatoms. The number of ether oxygens (including phenoxy) is 1. The fourth-order valence-electron chi connectivity index (χ4n) is 3.07. The average Bonchev–Trinajstić information content (AvgIpc) is 3.02. The Morgan fingerprint density at radius 3 is 2.47 bits per heavy atom. The SMILES string of the molecule is CCOC(=O)C(O)(c1cn(C)c2cc(NSc3ccc(C)cc3)ccc12)C(F)(F)F. The molecule has 1 heterocycles. The Kier molecular flexibility index (Phi) is 6.05. The van der Waals surface area contributed by atoms with Crippen LogP contribution in [0.4, 0.5) is 18.9 Å². The Morgan fingerprint density at radius 1 is 1.20 bits per heavy atom. The Bertz CT molecular complexity index is 1060. The predicted molar refractivity (Wildman–Crippen MR) is 110 cm³/mol. The summed E-state index contributed by atoms with van der Waals surface area (Å²) >= 11 is 1.36. The van der Waals surface area contributed by atoms with Crippen LogP contribution in [0.3, 0.4) is 0 Å². The molecule has 0 amide bonds. The number of aryl methyl sites for hydroxylation is 2. The molecule has 1 atom stereocenters. The number of hydrogen-bond acceptors (Lipinski definition) is 5. The van der Waals surface area contributed by atoms with Crippen LogP contribution in [0.25, 0.3) is 10.9 Å². The van der Waals surface area contributed by atoms with Gasteiger partial charge in [-0.25, -0.2) is 4.79 Å². The van der Waals surface area contributed by atoms with Crippen molar-refractivity contribution in [2.45, 2.75) is 30.5 Å². The molecule has 0 aliphatic carbocycles. The van der Waals surface area contributed by atoms with Crippen LogP contribution in [0.2, 0.25) is 0 Å². The second-order valence-corrected chi connectivity index (χ2v) is 7.71. The van der Waals surface area contributed by atoms with Crippen molar-refractivity contribution in [1.82, 2.24) is 4.57 Å². The summed E-state index contributed by atoms with van der Waals surface area (Å²) < 4.78 is 50.3. The number of benzene rings is 2. The van der Waals surface area contributed by atoms with Gasteiger partial charge in [0, 0.05) is 34.8 Å². The Balaban J connectivity index is 1.98. The molecule has 5 nitrogen and oxygen atoms in total. The van der Waals surface area contributed by atoms with Crippen LogP contribution in [-0.2, 0) is 22.2 Å². The van der Waals surface area contributed by atoms with Crippen LogP contribution in [-0.4, -0.2) is 28.4 Å². The molecule has 160 valence electrons. The molecular formula is C21H21F3N2O3S. The Labute approximate surface area is 176 Å². The second-order valence-electron chi connectivity index (χ2n) is 6.83. The van der Waals surface area contributed by atoms with Crippen LogP contribution in [0.1, 0.15) is 18.1 Å². The van der Waals surface area contributed by atoms with Crippen molar-refractivity contribution in [3.63, 3.8) is 0 Å². The third kappa shape index (κ3) is 3.99. The number of carbonyl (C=O) groups excluding carboxylic acids is 1. The Morgan fingerprint density at radius 2 is 1.87 bits per heavy atom. The fourth-order valence-corrected chi connectivity index (χ4v) is 3.71. The van der Waals surface area contributed by atoms with Crippen molar-refractivity contribution in [3.05, 3.63) is 59.8 Å². The number of halogens is 3. The number of carbonyl (C=O) groups is 1. The molecule has 2 aromatic carbocycles. The van der Waals surface area contributed by atoms with Crippen LogP contribution < -0.4 is 4.72 Å². The smallest absolute Gasteiger partial charge is 0.432 e. The second kappa shape index (κ2) is 8.23. The number of nitrogens with zero attached hydrogens (tertiary/aromatic N) is 1. The number of rotatable bonds is 6. The molecular weight excluding hydrogens is 417 g/mol.